The van der Waals surface area contributed by atoms with E-state index in [9.17, 15) is 4.39 Å². The Bertz CT molecular complexity index is 335. The molecule has 0 heterocycles. The molecule has 0 fully saturated rings. The van der Waals surface area contributed by atoms with Crippen molar-refractivity contribution in [3.05, 3.63) is 40.4 Å². The van der Waals surface area contributed by atoms with Crippen LogP contribution in [0, 0.1) is 11.3 Å². The molecule has 0 saturated carbocycles. The second-order valence-electron chi connectivity index (χ2n) is 2.15. The van der Waals surface area contributed by atoms with Gasteiger partial charge in [-0.1, -0.05) is 28.1 Å². The first-order chi connectivity index (χ1) is 5.77. The lowest BCUT2D eigenvalue weighted by Gasteiger charge is -1.94. The molecule has 0 radical (unpaired) electrons. The second kappa shape index (κ2) is 4.03. The topological polar surface area (TPSA) is 23.8 Å². The maximum atomic E-state index is 12.8. The normalized spacial score (nSPS) is 10.9. The first kappa shape index (κ1) is 8.95. The van der Waals surface area contributed by atoms with Gasteiger partial charge in [-0.05, 0) is 12.1 Å². The van der Waals surface area contributed by atoms with Crippen LogP contribution in [0.15, 0.2) is 29.3 Å². The predicted molar refractivity (Wildman–Crippen MR) is 49.2 cm³/mol. The first-order valence-electron chi connectivity index (χ1n) is 3.24. The summed E-state index contributed by atoms with van der Waals surface area (Å²) in [5.41, 5.74) is 0.993. The maximum Gasteiger partial charge on any atom is 0.137 e. The molecule has 3 heteroatoms. The van der Waals surface area contributed by atoms with Gasteiger partial charge < -0.3 is 0 Å². The zero-order valence-corrected chi connectivity index (χ0v) is 7.68. The van der Waals surface area contributed by atoms with Crippen LogP contribution in [0.3, 0.4) is 0 Å². The average Bonchev–Trinajstić information content (AvgIpc) is 2.17. The number of hydrogen-bond donors (Lipinski definition) is 0. The Hall–Kier alpha value is -1.14. The van der Waals surface area contributed by atoms with Gasteiger partial charge in [0.2, 0.25) is 0 Å². The number of halogens is 2. The summed E-state index contributed by atoms with van der Waals surface area (Å²) < 4.78 is 12.8. The maximum absolute atomic E-state index is 12.8. The zero-order valence-electron chi connectivity index (χ0n) is 6.09. The summed E-state index contributed by atoms with van der Waals surface area (Å²) in [5.74, 6) is -0.348. The van der Waals surface area contributed by atoms with Gasteiger partial charge in [0.05, 0.1) is 11.6 Å². The number of rotatable bonds is 1. The van der Waals surface area contributed by atoms with E-state index in [2.05, 4.69) is 15.9 Å². The Morgan fingerprint density at radius 1 is 1.42 bits per heavy atom. The number of benzene rings is 1. The molecular formula is C9H5BrFN. The lowest BCUT2D eigenvalue weighted by Crippen LogP contribution is -1.78. The molecule has 0 aliphatic rings. The van der Waals surface area contributed by atoms with Crippen molar-refractivity contribution >= 4 is 21.8 Å². The molecule has 0 amide bonds. The van der Waals surface area contributed by atoms with Crippen LogP contribution < -0.4 is 0 Å². The van der Waals surface area contributed by atoms with Crippen molar-refractivity contribution in [2.75, 3.05) is 0 Å². The third-order valence-corrected chi connectivity index (χ3v) is 1.79. The largest absolute Gasteiger partial charge is 0.206 e. The third kappa shape index (κ3) is 1.93. The summed E-state index contributed by atoms with van der Waals surface area (Å²) in [6.07, 6.45) is 0. The zero-order chi connectivity index (χ0) is 8.97. The Morgan fingerprint density at radius 2 is 2.00 bits per heavy atom. The molecule has 0 atom stereocenters. The molecule has 0 aliphatic carbocycles. The lowest BCUT2D eigenvalue weighted by molar-refractivity contribution is 0.762. The lowest BCUT2D eigenvalue weighted by atomic mass is 10.1. The van der Waals surface area contributed by atoms with Crippen molar-refractivity contribution < 1.29 is 4.39 Å². The van der Waals surface area contributed by atoms with Gasteiger partial charge in [0.15, 0.2) is 0 Å². The molecular weight excluding hydrogens is 221 g/mol. The van der Waals surface area contributed by atoms with E-state index < -0.39 is 0 Å². The summed E-state index contributed by atoms with van der Waals surface area (Å²) in [5, 5.41) is 8.46. The van der Waals surface area contributed by atoms with Crippen molar-refractivity contribution in [3.8, 4) is 6.07 Å². The molecule has 0 bridgehead atoms. The van der Waals surface area contributed by atoms with Crippen LogP contribution in [-0.2, 0) is 0 Å². The standard InChI is InChI=1S/C9H5BrFN/c10-5-9(11)8-3-1-7(6-12)2-4-8/h1-5H/b9-5-. The van der Waals surface area contributed by atoms with Crippen LogP contribution in [-0.4, -0.2) is 0 Å². The fraction of sp³-hybridized carbons (Fsp3) is 0. The van der Waals surface area contributed by atoms with Crippen molar-refractivity contribution in [1.82, 2.24) is 0 Å². The van der Waals surface area contributed by atoms with E-state index in [1.165, 1.54) is 4.99 Å². The van der Waals surface area contributed by atoms with Gasteiger partial charge in [-0.25, -0.2) is 4.39 Å². The van der Waals surface area contributed by atoms with Gasteiger partial charge >= 0.3 is 0 Å². The van der Waals surface area contributed by atoms with Crippen LogP contribution in [0.4, 0.5) is 4.39 Å². The number of hydrogen-bond acceptors (Lipinski definition) is 1. The summed E-state index contributed by atoms with van der Waals surface area (Å²) in [7, 11) is 0. The minimum absolute atomic E-state index is 0.348. The molecule has 0 unspecified atom stereocenters. The highest BCUT2D eigenvalue weighted by Crippen LogP contribution is 2.17. The Balaban J connectivity index is 3.02. The number of nitriles is 1. The third-order valence-electron chi connectivity index (χ3n) is 1.39. The van der Waals surface area contributed by atoms with E-state index >= 15 is 0 Å². The van der Waals surface area contributed by atoms with Gasteiger partial charge in [0, 0.05) is 10.5 Å². The molecule has 0 saturated heterocycles. The van der Waals surface area contributed by atoms with E-state index in [0.717, 1.165) is 0 Å². The summed E-state index contributed by atoms with van der Waals surface area (Å²) >= 11 is 2.89. The van der Waals surface area contributed by atoms with Gasteiger partial charge in [-0.3, -0.25) is 0 Å². The molecule has 1 nitrogen and oxygen atoms in total. The van der Waals surface area contributed by atoms with Crippen LogP contribution in [0.1, 0.15) is 11.1 Å². The second-order valence-corrected chi connectivity index (χ2v) is 2.60. The Morgan fingerprint density at radius 3 is 2.42 bits per heavy atom. The van der Waals surface area contributed by atoms with Crippen molar-refractivity contribution in [2.45, 2.75) is 0 Å². The van der Waals surface area contributed by atoms with E-state index in [4.69, 9.17) is 5.26 Å². The highest BCUT2D eigenvalue weighted by molar-refractivity contribution is 9.11. The minimum atomic E-state index is -0.348. The Labute approximate surface area is 78.3 Å². The fourth-order valence-electron chi connectivity index (χ4n) is 0.767. The summed E-state index contributed by atoms with van der Waals surface area (Å²) in [4.78, 5) is 1.20. The average molecular weight is 226 g/mol. The molecule has 0 aromatic heterocycles. The van der Waals surface area contributed by atoms with E-state index in [-0.39, 0.29) is 5.83 Å². The molecule has 0 N–H and O–H groups in total. The quantitative estimate of drug-likeness (QED) is 0.721. The van der Waals surface area contributed by atoms with Gasteiger partial charge in [0.25, 0.3) is 0 Å². The monoisotopic (exact) mass is 225 g/mol. The predicted octanol–water partition coefficient (Wildman–Crippen LogP) is 3.22. The van der Waals surface area contributed by atoms with Crippen molar-refractivity contribution in [1.29, 1.82) is 5.26 Å². The minimum Gasteiger partial charge on any atom is -0.206 e. The van der Waals surface area contributed by atoms with Gasteiger partial charge in [0.1, 0.15) is 5.83 Å². The highest BCUT2D eigenvalue weighted by atomic mass is 79.9. The smallest absolute Gasteiger partial charge is 0.137 e. The molecule has 60 valence electrons. The molecule has 0 aliphatic heterocycles. The summed E-state index contributed by atoms with van der Waals surface area (Å²) in [6, 6.07) is 8.23. The molecule has 0 spiro atoms. The number of nitrogens with zero attached hydrogens (tertiary/aromatic N) is 1. The van der Waals surface area contributed by atoms with Crippen LogP contribution in [0.5, 0.6) is 0 Å². The highest BCUT2D eigenvalue weighted by Gasteiger charge is 1.97. The van der Waals surface area contributed by atoms with E-state index in [0.29, 0.717) is 11.1 Å². The molecule has 1 aromatic rings. The molecule has 1 aromatic carbocycles. The van der Waals surface area contributed by atoms with Crippen molar-refractivity contribution in [2.24, 2.45) is 0 Å². The molecule has 12 heavy (non-hydrogen) atoms. The van der Waals surface area contributed by atoms with Crippen molar-refractivity contribution in [3.63, 3.8) is 0 Å². The fourth-order valence-corrected chi connectivity index (χ4v) is 1.03. The van der Waals surface area contributed by atoms with E-state index in [1.807, 2.05) is 6.07 Å². The summed E-state index contributed by atoms with van der Waals surface area (Å²) in [6.45, 7) is 0. The first-order valence-corrected chi connectivity index (χ1v) is 4.16. The van der Waals surface area contributed by atoms with Crippen LogP contribution >= 0.6 is 15.9 Å². The van der Waals surface area contributed by atoms with Gasteiger partial charge in [-0.2, -0.15) is 5.26 Å². The Kier molecular flexibility index (Phi) is 3.01. The van der Waals surface area contributed by atoms with Crippen LogP contribution in [0.2, 0.25) is 0 Å². The van der Waals surface area contributed by atoms with E-state index in [1.54, 1.807) is 24.3 Å². The molecule has 1 rings (SSSR count). The SMILES string of the molecule is N#Cc1ccc(/C(F)=C/Br)cc1. The van der Waals surface area contributed by atoms with Gasteiger partial charge in [-0.15, -0.1) is 0 Å². The van der Waals surface area contributed by atoms with Crippen LogP contribution in [0.25, 0.3) is 5.83 Å².